The summed E-state index contributed by atoms with van der Waals surface area (Å²) >= 11 is 0. The maximum atomic E-state index is 12.5. The molecular weight excluding hydrogens is 346 g/mol. The van der Waals surface area contributed by atoms with Gasteiger partial charge in [0.2, 0.25) is 0 Å². The molecule has 1 fully saturated rings. The van der Waals surface area contributed by atoms with E-state index in [1.807, 2.05) is 29.2 Å². The van der Waals surface area contributed by atoms with E-state index in [-0.39, 0.29) is 17.2 Å². The number of nitro groups is 1. The fraction of sp³-hybridized carbons (Fsp3) is 0.350. The van der Waals surface area contributed by atoms with Crippen LogP contribution in [0, 0.1) is 10.1 Å². The predicted octanol–water partition coefficient (Wildman–Crippen LogP) is 3.81. The van der Waals surface area contributed by atoms with E-state index in [2.05, 4.69) is 19.2 Å². The molecule has 1 saturated heterocycles. The van der Waals surface area contributed by atoms with Gasteiger partial charge in [-0.25, -0.2) is 0 Å². The number of carbonyl (C=O) groups excluding carboxylic acids is 1. The van der Waals surface area contributed by atoms with Crippen molar-refractivity contribution in [2.45, 2.75) is 19.8 Å². The standard InChI is InChI=1S/C20H23N3O4/c1-14(2)15-3-6-17(7-4-15)21-20(24)16-5-8-18(19(13-16)23(25)26)22-9-11-27-12-10-22/h3-8,13-14H,9-12H2,1-2H3,(H,21,24). The zero-order chi connectivity index (χ0) is 19.4. The van der Waals surface area contributed by atoms with Crippen LogP contribution in [0.2, 0.25) is 0 Å². The molecule has 1 aliphatic heterocycles. The summed E-state index contributed by atoms with van der Waals surface area (Å²) in [5.41, 5.74) is 2.54. The molecule has 0 aliphatic carbocycles. The minimum absolute atomic E-state index is 0.0697. The number of rotatable bonds is 5. The Hall–Kier alpha value is -2.93. The number of carbonyl (C=O) groups is 1. The molecule has 2 aromatic carbocycles. The number of hydrogen-bond acceptors (Lipinski definition) is 5. The zero-order valence-corrected chi connectivity index (χ0v) is 15.5. The second-order valence-corrected chi connectivity index (χ2v) is 6.79. The summed E-state index contributed by atoms with van der Waals surface area (Å²) in [6, 6.07) is 12.2. The first-order chi connectivity index (χ1) is 13.0. The lowest BCUT2D eigenvalue weighted by Gasteiger charge is -2.28. The van der Waals surface area contributed by atoms with E-state index >= 15 is 0 Å². The third-order valence-electron chi connectivity index (χ3n) is 4.62. The molecule has 1 heterocycles. The highest BCUT2D eigenvalue weighted by molar-refractivity contribution is 6.05. The van der Waals surface area contributed by atoms with Crippen LogP contribution in [-0.2, 0) is 4.74 Å². The number of benzene rings is 2. The Labute approximate surface area is 158 Å². The molecule has 0 bridgehead atoms. The lowest BCUT2D eigenvalue weighted by atomic mass is 10.0. The summed E-state index contributed by atoms with van der Waals surface area (Å²) in [6.07, 6.45) is 0. The second kappa shape index (κ2) is 8.18. The molecule has 7 heteroatoms. The van der Waals surface area contributed by atoms with Crippen LogP contribution < -0.4 is 10.2 Å². The van der Waals surface area contributed by atoms with Crippen LogP contribution in [0.1, 0.15) is 35.7 Å². The number of hydrogen-bond donors (Lipinski definition) is 1. The van der Waals surface area contributed by atoms with Gasteiger partial charge in [-0.3, -0.25) is 14.9 Å². The SMILES string of the molecule is CC(C)c1ccc(NC(=O)c2ccc(N3CCOCC3)c([N+](=O)[O-])c2)cc1. The Morgan fingerprint density at radius 2 is 1.81 bits per heavy atom. The molecule has 0 spiro atoms. The Bertz CT molecular complexity index is 828. The summed E-state index contributed by atoms with van der Waals surface area (Å²) < 4.78 is 5.30. The first kappa shape index (κ1) is 18.8. The first-order valence-corrected chi connectivity index (χ1v) is 8.98. The molecule has 0 radical (unpaired) electrons. The molecule has 2 aromatic rings. The van der Waals surface area contributed by atoms with Crippen LogP contribution in [0.15, 0.2) is 42.5 Å². The topological polar surface area (TPSA) is 84.7 Å². The van der Waals surface area contributed by atoms with Crippen LogP contribution in [0.4, 0.5) is 17.1 Å². The van der Waals surface area contributed by atoms with E-state index in [4.69, 9.17) is 4.74 Å². The number of amides is 1. The summed E-state index contributed by atoms with van der Waals surface area (Å²) in [5.74, 6) is 0.0362. The number of nitrogens with zero attached hydrogens (tertiary/aromatic N) is 2. The van der Waals surface area contributed by atoms with Crippen LogP contribution in [-0.4, -0.2) is 37.1 Å². The van der Waals surface area contributed by atoms with Crippen molar-refractivity contribution in [1.82, 2.24) is 0 Å². The van der Waals surface area contributed by atoms with Gasteiger partial charge in [0.15, 0.2) is 0 Å². The van der Waals surface area contributed by atoms with Gasteiger partial charge in [0.05, 0.1) is 18.1 Å². The first-order valence-electron chi connectivity index (χ1n) is 8.98. The highest BCUT2D eigenvalue weighted by Crippen LogP contribution is 2.30. The molecule has 0 atom stereocenters. The molecule has 1 amide bonds. The third-order valence-corrected chi connectivity index (χ3v) is 4.62. The third kappa shape index (κ3) is 4.43. The van der Waals surface area contributed by atoms with E-state index in [0.29, 0.717) is 43.6 Å². The summed E-state index contributed by atoms with van der Waals surface area (Å²) in [4.78, 5) is 25.5. The summed E-state index contributed by atoms with van der Waals surface area (Å²) in [7, 11) is 0. The van der Waals surface area contributed by atoms with Crippen molar-refractivity contribution >= 4 is 23.0 Å². The second-order valence-electron chi connectivity index (χ2n) is 6.79. The predicted molar refractivity (Wildman–Crippen MR) is 105 cm³/mol. The number of morpholine rings is 1. The fourth-order valence-corrected chi connectivity index (χ4v) is 3.04. The van der Waals surface area contributed by atoms with E-state index < -0.39 is 4.92 Å². The number of nitrogens with one attached hydrogen (secondary N) is 1. The largest absolute Gasteiger partial charge is 0.378 e. The summed E-state index contributed by atoms with van der Waals surface area (Å²) in [5, 5.41) is 14.3. The van der Waals surface area contributed by atoms with Gasteiger partial charge in [0.1, 0.15) is 5.69 Å². The van der Waals surface area contributed by atoms with Crippen LogP contribution in [0.3, 0.4) is 0 Å². The summed E-state index contributed by atoms with van der Waals surface area (Å²) in [6.45, 7) is 6.45. The molecule has 27 heavy (non-hydrogen) atoms. The molecule has 3 rings (SSSR count). The highest BCUT2D eigenvalue weighted by Gasteiger charge is 2.23. The van der Waals surface area contributed by atoms with Crippen LogP contribution in [0.25, 0.3) is 0 Å². The van der Waals surface area contributed by atoms with E-state index in [0.717, 1.165) is 0 Å². The monoisotopic (exact) mass is 369 g/mol. The fourth-order valence-electron chi connectivity index (χ4n) is 3.04. The minimum Gasteiger partial charge on any atom is -0.378 e. The average Bonchev–Trinajstić information content (AvgIpc) is 2.68. The normalized spacial score (nSPS) is 14.3. The molecule has 0 aromatic heterocycles. The maximum absolute atomic E-state index is 12.5. The van der Waals surface area contributed by atoms with Crippen molar-refractivity contribution in [2.75, 3.05) is 36.5 Å². The number of ether oxygens (including phenoxy) is 1. The van der Waals surface area contributed by atoms with E-state index in [1.54, 1.807) is 12.1 Å². The molecule has 1 N–H and O–H groups in total. The molecule has 7 nitrogen and oxygen atoms in total. The Morgan fingerprint density at radius 1 is 1.15 bits per heavy atom. The zero-order valence-electron chi connectivity index (χ0n) is 15.5. The van der Waals surface area contributed by atoms with Gasteiger partial charge < -0.3 is 15.0 Å². The molecule has 0 unspecified atom stereocenters. The molecule has 1 aliphatic rings. The lowest BCUT2D eigenvalue weighted by Crippen LogP contribution is -2.36. The Kier molecular flexibility index (Phi) is 5.71. The van der Waals surface area contributed by atoms with Crippen molar-refractivity contribution in [1.29, 1.82) is 0 Å². The Morgan fingerprint density at radius 3 is 2.41 bits per heavy atom. The smallest absolute Gasteiger partial charge is 0.293 e. The van der Waals surface area contributed by atoms with Crippen molar-refractivity contribution in [2.24, 2.45) is 0 Å². The maximum Gasteiger partial charge on any atom is 0.293 e. The molecule has 0 saturated carbocycles. The number of anilines is 2. The van der Waals surface area contributed by atoms with Gasteiger partial charge in [0.25, 0.3) is 11.6 Å². The van der Waals surface area contributed by atoms with Crippen LogP contribution in [0.5, 0.6) is 0 Å². The van der Waals surface area contributed by atoms with Gasteiger partial charge in [-0.2, -0.15) is 0 Å². The van der Waals surface area contributed by atoms with Crippen molar-refractivity contribution < 1.29 is 14.5 Å². The molecular formula is C20H23N3O4. The van der Waals surface area contributed by atoms with Gasteiger partial charge in [-0.15, -0.1) is 0 Å². The average molecular weight is 369 g/mol. The van der Waals surface area contributed by atoms with E-state index in [1.165, 1.54) is 11.6 Å². The highest BCUT2D eigenvalue weighted by atomic mass is 16.6. The number of nitro benzene ring substituents is 1. The lowest BCUT2D eigenvalue weighted by molar-refractivity contribution is -0.384. The quantitative estimate of drug-likeness (QED) is 0.640. The van der Waals surface area contributed by atoms with E-state index in [9.17, 15) is 14.9 Å². The van der Waals surface area contributed by atoms with Crippen LogP contribution >= 0.6 is 0 Å². The molecule has 142 valence electrons. The van der Waals surface area contributed by atoms with Gasteiger partial charge in [-0.1, -0.05) is 26.0 Å². The van der Waals surface area contributed by atoms with Crippen molar-refractivity contribution in [3.05, 3.63) is 63.7 Å². The van der Waals surface area contributed by atoms with Crippen molar-refractivity contribution in [3.8, 4) is 0 Å². The Balaban J connectivity index is 1.80. The van der Waals surface area contributed by atoms with Gasteiger partial charge >= 0.3 is 0 Å². The van der Waals surface area contributed by atoms with Gasteiger partial charge in [-0.05, 0) is 35.7 Å². The minimum atomic E-state index is -0.445. The van der Waals surface area contributed by atoms with Crippen molar-refractivity contribution in [3.63, 3.8) is 0 Å². The van der Waals surface area contributed by atoms with Gasteiger partial charge in [0, 0.05) is 30.4 Å².